The fourth-order valence-electron chi connectivity index (χ4n) is 3.01. The number of hydrogen-bond donors (Lipinski definition) is 1. The van der Waals surface area contributed by atoms with E-state index in [1.54, 1.807) is 18.2 Å². The molecule has 0 aliphatic rings. The van der Waals surface area contributed by atoms with E-state index in [4.69, 9.17) is 0 Å². The van der Waals surface area contributed by atoms with Crippen LogP contribution in [-0.4, -0.2) is 27.1 Å². The lowest BCUT2D eigenvalue weighted by Gasteiger charge is -2.23. The molecule has 0 aromatic heterocycles. The number of nitrogens with one attached hydrogen (secondary N) is 1. The molecule has 0 saturated carbocycles. The Labute approximate surface area is 165 Å². The normalized spacial score (nSPS) is 11.1. The highest BCUT2D eigenvalue weighted by molar-refractivity contribution is 7.92. The van der Waals surface area contributed by atoms with E-state index < -0.39 is 15.9 Å². The van der Waals surface area contributed by atoms with Crippen LogP contribution in [0.15, 0.2) is 78.9 Å². The molecule has 28 heavy (non-hydrogen) atoms. The van der Waals surface area contributed by atoms with Crippen LogP contribution in [0.1, 0.15) is 5.56 Å². The van der Waals surface area contributed by atoms with Crippen molar-refractivity contribution in [2.45, 2.75) is 6.92 Å². The number of carbonyl (C=O) groups is 1. The number of para-hydroxylation sites is 2. The van der Waals surface area contributed by atoms with Gasteiger partial charge in [-0.1, -0.05) is 66.7 Å². The molecule has 1 N–H and O–H groups in total. The van der Waals surface area contributed by atoms with E-state index in [0.717, 1.165) is 27.3 Å². The number of sulfonamides is 1. The van der Waals surface area contributed by atoms with Crippen molar-refractivity contribution >= 4 is 27.3 Å². The summed E-state index contributed by atoms with van der Waals surface area (Å²) in [6, 6.07) is 24.2. The smallest absolute Gasteiger partial charge is 0.245 e. The van der Waals surface area contributed by atoms with Crippen LogP contribution in [0, 0.1) is 6.92 Å². The van der Waals surface area contributed by atoms with Crippen LogP contribution >= 0.6 is 0 Å². The van der Waals surface area contributed by atoms with Crippen molar-refractivity contribution in [3.63, 3.8) is 0 Å². The Balaban J connectivity index is 1.87. The predicted octanol–water partition coefficient (Wildman–Crippen LogP) is 4.07. The summed E-state index contributed by atoms with van der Waals surface area (Å²) in [5.41, 5.74) is 3.76. The monoisotopic (exact) mass is 394 g/mol. The molecule has 0 spiro atoms. The van der Waals surface area contributed by atoms with Crippen molar-refractivity contribution in [3.8, 4) is 11.1 Å². The van der Waals surface area contributed by atoms with E-state index in [9.17, 15) is 13.2 Å². The molecular weight excluding hydrogens is 372 g/mol. The molecule has 3 rings (SSSR count). The SMILES string of the molecule is Cc1ccccc1N(CC(=O)Nc1ccccc1-c1ccccc1)S(C)(=O)=O. The van der Waals surface area contributed by atoms with Crippen LogP contribution in [0.25, 0.3) is 11.1 Å². The van der Waals surface area contributed by atoms with Crippen LogP contribution < -0.4 is 9.62 Å². The van der Waals surface area contributed by atoms with Gasteiger partial charge in [-0.3, -0.25) is 9.10 Å². The average molecular weight is 394 g/mol. The Morgan fingerprint density at radius 2 is 1.50 bits per heavy atom. The van der Waals surface area contributed by atoms with E-state index in [0.29, 0.717) is 11.4 Å². The number of carbonyl (C=O) groups excluding carboxylic acids is 1. The van der Waals surface area contributed by atoms with Gasteiger partial charge in [0.1, 0.15) is 6.54 Å². The molecule has 0 aliphatic heterocycles. The lowest BCUT2D eigenvalue weighted by Crippen LogP contribution is -2.37. The largest absolute Gasteiger partial charge is 0.324 e. The van der Waals surface area contributed by atoms with Crippen molar-refractivity contribution in [1.29, 1.82) is 0 Å². The fourth-order valence-corrected chi connectivity index (χ4v) is 3.92. The summed E-state index contributed by atoms with van der Waals surface area (Å²) >= 11 is 0. The van der Waals surface area contributed by atoms with Crippen LogP contribution in [0.4, 0.5) is 11.4 Å². The van der Waals surface area contributed by atoms with Gasteiger partial charge in [-0.2, -0.15) is 0 Å². The van der Waals surface area contributed by atoms with Gasteiger partial charge in [-0.15, -0.1) is 0 Å². The summed E-state index contributed by atoms with van der Waals surface area (Å²) in [5, 5.41) is 2.86. The molecular formula is C22H22N2O3S. The number of nitrogens with zero attached hydrogens (tertiary/aromatic N) is 1. The molecule has 0 aliphatic carbocycles. The van der Waals surface area contributed by atoms with Crippen LogP contribution in [0.5, 0.6) is 0 Å². The highest BCUT2D eigenvalue weighted by Gasteiger charge is 2.22. The summed E-state index contributed by atoms with van der Waals surface area (Å²) in [4.78, 5) is 12.7. The quantitative estimate of drug-likeness (QED) is 0.685. The molecule has 0 unspecified atom stereocenters. The van der Waals surface area contributed by atoms with Gasteiger partial charge in [0.2, 0.25) is 15.9 Å². The van der Waals surface area contributed by atoms with Gasteiger partial charge in [-0.05, 0) is 30.2 Å². The van der Waals surface area contributed by atoms with Crippen molar-refractivity contribution in [3.05, 3.63) is 84.4 Å². The molecule has 0 bridgehead atoms. The van der Waals surface area contributed by atoms with Gasteiger partial charge < -0.3 is 5.32 Å². The summed E-state index contributed by atoms with van der Waals surface area (Å²) in [6.45, 7) is 1.52. The summed E-state index contributed by atoms with van der Waals surface area (Å²) in [6.07, 6.45) is 1.10. The number of aryl methyl sites for hydroxylation is 1. The third-order valence-electron chi connectivity index (χ3n) is 4.36. The van der Waals surface area contributed by atoms with Gasteiger partial charge in [0.05, 0.1) is 11.9 Å². The minimum absolute atomic E-state index is 0.299. The van der Waals surface area contributed by atoms with Crippen molar-refractivity contribution in [2.24, 2.45) is 0 Å². The number of rotatable bonds is 6. The van der Waals surface area contributed by atoms with E-state index in [1.807, 2.05) is 67.6 Å². The number of benzene rings is 3. The second-order valence-electron chi connectivity index (χ2n) is 6.52. The molecule has 0 radical (unpaired) electrons. The molecule has 144 valence electrons. The van der Waals surface area contributed by atoms with Gasteiger partial charge in [0, 0.05) is 11.3 Å². The number of amides is 1. The van der Waals surface area contributed by atoms with Gasteiger partial charge in [0.25, 0.3) is 0 Å². The predicted molar refractivity (Wildman–Crippen MR) is 114 cm³/mol. The van der Waals surface area contributed by atoms with Gasteiger partial charge in [-0.25, -0.2) is 8.42 Å². The average Bonchev–Trinajstić information content (AvgIpc) is 2.67. The van der Waals surface area contributed by atoms with E-state index in [1.165, 1.54) is 0 Å². The molecule has 0 atom stereocenters. The summed E-state index contributed by atoms with van der Waals surface area (Å²) in [7, 11) is -3.62. The Kier molecular flexibility index (Phi) is 5.80. The first-order valence-corrected chi connectivity index (χ1v) is 10.7. The van der Waals surface area contributed by atoms with Crippen LogP contribution in [0.2, 0.25) is 0 Å². The Bertz CT molecular complexity index is 1080. The highest BCUT2D eigenvalue weighted by Crippen LogP contribution is 2.28. The third kappa shape index (κ3) is 4.58. The topological polar surface area (TPSA) is 66.5 Å². The van der Waals surface area contributed by atoms with Crippen molar-refractivity contribution < 1.29 is 13.2 Å². The molecule has 5 nitrogen and oxygen atoms in total. The van der Waals surface area contributed by atoms with Crippen LogP contribution in [0.3, 0.4) is 0 Å². The molecule has 6 heteroatoms. The maximum Gasteiger partial charge on any atom is 0.245 e. The Morgan fingerprint density at radius 1 is 0.893 bits per heavy atom. The minimum Gasteiger partial charge on any atom is -0.324 e. The lowest BCUT2D eigenvalue weighted by atomic mass is 10.0. The van der Waals surface area contributed by atoms with Gasteiger partial charge >= 0.3 is 0 Å². The maximum atomic E-state index is 12.7. The molecule has 0 saturated heterocycles. The highest BCUT2D eigenvalue weighted by atomic mass is 32.2. The standard InChI is InChI=1S/C22H22N2O3S/c1-17-10-6-9-15-21(17)24(28(2,26)27)16-22(25)23-20-14-8-7-13-19(20)18-11-4-3-5-12-18/h3-15H,16H2,1-2H3,(H,23,25). The zero-order valence-corrected chi connectivity index (χ0v) is 16.6. The zero-order valence-electron chi connectivity index (χ0n) is 15.8. The molecule has 0 fully saturated rings. The zero-order chi connectivity index (χ0) is 20.1. The van der Waals surface area contributed by atoms with Crippen LogP contribution in [-0.2, 0) is 14.8 Å². The third-order valence-corrected chi connectivity index (χ3v) is 5.48. The molecule has 3 aromatic rings. The Hall–Kier alpha value is -3.12. The Morgan fingerprint density at radius 3 is 2.18 bits per heavy atom. The van der Waals surface area contributed by atoms with E-state index >= 15 is 0 Å². The second kappa shape index (κ2) is 8.27. The first-order valence-electron chi connectivity index (χ1n) is 8.84. The number of hydrogen-bond acceptors (Lipinski definition) is 3. The van der Waals surface area contributed by atoms with E-state index in [-0.39, 0.29) is 6.54 Å². The first-order chi connectivity index (χ1) is 13.4. The summed E-state index contributed by atoms with van der Waals surface area (Å²) < 4.78 is 25.7. The second-order valence-corrected chi connectivity index (χ2v) is 8.42. The molecule has 1 amide bonds. The molecule has 0 heterocycles. The summed E-state index contributed by atoms with van der Waals surface area (Å²) in [5.74, 6) is -0.406. The number of anilines is 2. The van der Waals surface area contributed by atoms with Crippen molar-refractivity contribution in [1.82, 2.24) is 0 Å². The van der Waals surface area contributed by atoms with Gasteiger partial charge in [0.15, 0.2) is 0 Å². The molecule has 3 aromatic carbocycles. The minimum atomic E-state index is -3.62. The fraction of sp³-hybridized carbons (Fsp3) is 0.136. The van der Waals surface area contributed by atoms with Crippen molar-refractivity contribution in [2.75, 3.05) is 22.4 Å². The lowest BCUT2D eigenvalue weighted by molar-refractivity contribution is -0.114. The van der Waals surface area contributed by atoms with E-state index in [2.05, 4.69) is 5.32 Å². The first kappa shape index (κ1) is 19.6. The maximum absolute atomic E-state index is 12.7.